The van der Waals surface area contributed by atoms with Crippen molar-refractivity contribution in [1.82, 2.24) is 15.3 Å². The van der Waals surface area contributed by atoms with Crippen molar-refractivity contribution in [2.45, 2.75) is 32.2 Å². The molecule has 1 aromatic heterocycles. The van der Waals surface area contributed by atoms with Crippen molar-refractivity contribution in [1.29, 1.82) is 0 Å². The van der Waals surface area contributed by atoms with Crippen LogP contribution < -0.4 is 10.2 Å². The summed E-state index contributed by atoms with van der Waals surface area (Å²) in [5.74, 6) is 1.02. The molecule has 2 heterocycles. The van der Waals surface area contributed by atoms with Gasteiger partial charge in [-0.3, -0.25) is 0 Å². The Morgan fingerprint density at radius 2 is 2.26 bits per heavy atom. The topological polar surface area (TPSA) is 44.0 Å². The van der Waals surface area contributed by atoms with E-state index in [1.54, 1.807) is 0 Å². The minimum Gasteiger partial charge on any atom is -0.338 e. The number of aromatic amines is 1. The van der Waals surface area contributed by atoms with Gasteiger partial charge in [0.25, 0.3) is 0 Å². The molecule has 102 valence electrons. The number of benzene rings is 1. The fourth-order valence-corrected chi connectivity index (χ4v) is 2.88. The number of hydrogen-bond acceptors (Lipinski definition) is 3. The number of anilines is 1. The van der Waals surface area contributed by atoms with E-state index in [4.69, 9.17) is 4.98 Å². The van der Waals surface area contributed by atoms with E-state index in [0.29, 0.717) is 6.04 Å². The normalized spacial score (nSPS) is 19.7. The largest absolute Gasteiger partial charge is 0.338 e. The Kier molecular flexibility index (Phi) is 3.69. The maximum absolute atomic E-state index is 4.75. The Bertz CT molecular complexity index is 495. The van der Waals surface area contributed by atoms with E-state index >= 15 is 0 Å². The highest BCUT2D eigenvalue weighted by atomic mass is 15.3. The van der Waals surface area contributed by atoms with Crippen LogP contribution in [0.5, 0.6) is 0 Å². The maximum atomic E-state index is 4.75. The molecule has 1 atom stereocenters. The highest BCUT2D eigenvalue weighted by Crippen LogP contribution is 2.21. The van der Waals surface area contributed by atoms with Crippen LogP contribution in [0, 0.1) is 0 Å². The standard InChI is InChI=1S/C15H22N4/c1-2-10-19(12-6-5-9-16-11-12)15-17-13-7-3-4-8-14(13)18-15/h3-4,7-8,12,16H,2,5-6,9-11H2,1H3,(H,17,18). The number of piperidine rings is 1. The van der Waals surface area contributed by atoms with E-state index in [2.05, 4.69) is 40.3 Å². The van der Waals surface area contributed by atoms with Crippen LogP contribution in [0.4, 0.5) is 5.95 Å². The van der Waals surface area contributed by atoms with Gasteiger partial charge in [-0.1, -0.05) is 19.1 Å². The van der Waals surface area contributed by atoms with E-state index < -0.39 is 0 Å². The van der Waals surface area contributed by atoms with Crippen LogP contribution in [0.3, 0.4) is 0 Å². The molecule has 0 saturated carbocycles. The third-order valence-corrected chi connectivity index (χ3v) is 3.83. The number of fused-ring (bicyclic) bond motifs is 1. The van der Waals surface area contributed by atoms with Crippen LogP contribution in [0.1, 0.15) is 26.2 Å². The highest BCUT2D eigenvalue weighted by molar-refractivity contribution is 5.77. The van der Waals surface area contributed by atoms with Crippen molar-refractivity contribution in [3.05, 3.63) is 24.3 Å². The van der Waals surface area contributed by atoms with Crippen LogP contribution in [0.15, 0.2) is 24.3 Å². The molecule has 0 amide bonds. The van der Waals surface area contributed by atoms with Gasteiger partial charge in [0.1, 0.15) is 0 Å². The van der Waals surface area contributed by atoms with E-state index in [1.165, 1.54) is 12.8 Å². The number of rotatable bonds is 4. The Morgan fingerprint density at radius 3 is 3.00 bits per heavy atom. The SMILES string of the molecule is CCCN(c1nc2ccccc2[nH]1)C1CCCNC1. The van der Waals surface area contributed by atoms with Gasteiger partial charge in [-0.2, -0.15) is 0 Å². The molecule has 0 aliphatic carbocycles. The predicted molar refractivity (Wildman–Crippen MR) is 79.6 cm³/mol. The molecule has 0 bridgehead atoms. The van der Waals surface area contributed by atoms with Gasteiger partial charge in [0.05, 0.1) is 11.0 Å². The minimum absolute atomic E-state index is 0.564. The fourth-order valence-electron chi connectivity index (χ4n) is 2.88. The Balaban J connectivity index is 1.89. The summed E-state index contributed by atoms with van der Waals surface area (Å²) in [6.07, 6.45) is 3.66. The summed E-state index contributed by atoms with van der Waals surface area (Å²) in [5, 5.41) is 3.49. The van der Waals surface area contributed by atoms with Gasteiger partial charge in [0.2, 0.25) is 5.95 Å². The number of imidazole rings is 1. The quantitative estimate of drug-likeness (QED) is 0.885. The van der Waals surface area contributed by atoms with E-state index in [0.717, 1.165) is 43.0 Å². The zero-order valence-corrected chi connectivity index (χ0v) is 11.5. The second kappa shape index (κ2) is 5.61. The second-order valence-corrected chi connectivity index (χ2v) is 5.27. The molecule has 2 N–H and O–H groups in total. The van der Waals surface area contributed by atoms with Crippen LogP contribution in [-0.4, -0.2) is 35.6 Å². The molecule has 1 aliphatic rings. The summed E-state index contributed by atoms with van der Waals surface area (Å²) in [6.45, 7) is 5.51. The Labute approximate surface area is 114 Å². The van der Waals surface area contributed by atoms with Gasteiger partial charge in [-0.25, -0.2) is 4.98 Å². The van der Waals surface area contributed by atoms with Crippen molar-refractivity contribution in [3.63, 3.8) is 0 Å². The minimum atomic E-state index is 0.564. The fraction of sp³-hybridized carbons (Fsp3) is 0.533. The van der Waals surface area contributed by atoms with Gasteiger partial charge < -0.3 is 15.2 Å². The monoisotopic (exact) mass is 258 g/mol. The summed E-state index contributed by atoms with van der Waals surface area (Å²) in [6, 6.07) is 8.82. The maximum Gasteiger partial charge on any atom is 0.204 e. The summed E-state index contributed by atoms with van der Waals surface area (Å²) < 4.78 is 0. The molecule has 1 aromatic carbocycles. The van der Waals surface area contributed by atoms with Crippen LogP contribution in [0.25, 0.3) is 11.0 Å². The van der Waals surface area contributed by atoms with Gasteiger partial charge in [0.15, 0.2) is 0 Å². The molecule has 0 spiro atoms. The van der Waals surface area contributed by atoms with Crippen molar-refractivity contribution in [3.8, 4) is 0 Å². The van der Waals surface area contributed by atoms with Crippen LogP contribution in [0.2, 0.25) is 0 Å². The highest BCUT2D eigenvalue weighted by Gasteiger charge is 2.22. The van der Waals surface area contributed by atoms with Gasteiger partial charge in [-0.15, -0.1) is 0 Å². The summed E-state index contributed by atoms with van der Waals surface area (Å²) in [7, 11) is 0. The van der Waals surface area contributed by atoms with Crippen molar-refractivity contribution in [2.75, 3.05) is 24.5 Å². The molecule has 1 saturated heterocycles. The molecule has 3 rings (SSSR count). The number of aromatic nitrogens is 2. The molecule has 4 heteroatoms. The summed E-state index contributed by atoms with van der Waals surface area (Å²) >= 11 is 0. The number of H-pyrrole nitrogens is 1. The third kappa shape index (κ3) is 2.59. The van der Waals surface area contributed by atoms with Crippen molar-refractivity contribution in [2.24, 2.45) is 0 Å². The lowest BCUT2D eigenvalue weighted by Gasteiger charge is -2.34. The second-order valence-electron chi connectivity index (χ2n) is 5.27. The Hall–Kier alpha value is -1.55. The molecule has 4 nitrogen and oxygen atoms in total. The predicted octanol–water partition coefficient (Wildman–Crippen LogP) is 2.53. The number of nitrogens with zero attached hydrogens (tertiary/aromatic N) is 2. The van der Waals surface area contributed by atoms with Gasteiger partial charge in [0, 0.05) is 19.1 Å². The smallest absolute Gasteiger partial charge is 0.204 e. The molecular formula is C15H22N4. The molecular weight excluding hydrogens is 236 g/mol. The molecule has 1 aliphatic heterocycles. The Morgan fingerprint density at radius 1 is 1.37 bits per heavy atom. The lowest BCUT2D eigenvalue weighted by Crippen LogP contribution is -2.47. The average molecular weight is 258 g/mol. The van der Waals surface area contributed by atoms with Crippen molar-refractivity contribution >= 4 is 17.0 Å². The van der Waals surface area contributed by atoms with Gasteiger partial charge in [-0.05, 0) is 37.9 Å². The molecule has 1 unspecified atom stereocenters. The summed E-state index contributed by atoms with van der Waals surface area (Å²) in [5.41, 5.74) is 2.18. The number of nitrogens with one attached hydrogen (secondary N) is 2. The van der Waals surface area contributed by atoms with E-state index in [1.807, 2.05) is 6.07 Å². The van der Waals surface area contributed by atoms with Crippen LogP contribution in [-0.2, 0) is 0 Å². The zero-order valence-electron chi connectivity index (χ0n) is 11.5. The van der Waals surface area contributed by atoms with E-state index in [9.17, 15) is 0 Å². The number of para-hydroxylation sites is 2. The molecule has 0 radical (unpaired) electrons. The first-order chi connectivity index (χ1) is 9.38. The molecule has 19 heavy (non-hydrogen) atoms. The summed E-state index contributed by atoms with van der Waals surface area (Å²) in [4.78, 5) is 10.7. The van der Waals surface area contributed by atoms with Crippen molar-refractivity contribution < 1.29 is 0 Å². The number of hydrogen-bond donors (Lipinski definition) is 2. The van der Waals surface area contributed by atoms with Crippen LogP contribution >= 0.6 is 0 Å². The van der Waals surface area contributed by atoms with E-state index in [-0.39, 0.29) is 0 Å². The lowest BCUT2D eigenvalue weighted by atomic mass is 10.1. The average Bonchev–Trinajstić information content (AvgIpc) is 2.89. The molecule has 2 aromatic rings. The third-order valence-electron chi connectivity index (χ3n) is 3.83. The lowest BCUT2D eigenvalue weighted by molar-refractivity contribution is 0.427. The first-order valence-corrected chi connectivity index (χ1v) is 7.30. The molecule has 1 fully saturated rings. The zero-order chi connectivity index (χ0) is 13.1. The first kappa shape index (κ1) is 12.5. The van der Waals surface area contributed by atoms with Gasteiger partial charge >= 0.3 is 0 Å². The first-order valence-electron chi connectivity index (χ1n) is 7.30.